The number of thiazole rings is 1. The molecule has 2 aliphatic heterocycles. The van der Waals surface area contributed by atoms with E-state index in [1.807, 2.05) is 25.1 Å². The summed E-state index contributed by atoms with van der Waals surface area (Å²) in [6, 6.07) is 5.97. The summed E-state index contributed by atoms with van der Waals surface area (Å²) in [5.74, 6) is -0.0116. The van der Waals surface area contributed by atoms with Crippen molar-refractivity contribution >= 4 is 17.2 Å². The molecule has 0 radical (unpaired) electrons. The molecule has 2 saturated heterocycles. The molecule has 25 heavy (non-hydrogen) atoms. The summed E-state index contributed by atoms with van der Waals surface area (Å²) < 4.78 is 12.1. The molecular formula is C18H21N3O3S. The van der Waals surface area contributed by atoms with Crippen molar-refractivity contribution in [3.63, 3.8) is 0 Å². The van der Waals surface area contributed by atoms with Gasteiger partial charge in [0.1, 0.15) is 11.3 Å². The Morgan fingerprint density at radius 1 is 1.48 bits per heavy atom. The molecule has 132 valence electrons. The first-order valence-corrected chi connectivity index (χ1v) is 9.43. The minimum atomic E-state index is -0.255. The quantitative estimate of drug-likeness (QED) is 0.839. The van der Waals surface area contributed by atoms with Crippen LogP contribution in [0.5, 0.6) is 0 Å². The molecule has 0 unspecified atom stereocenters. The Labute approximate surface area is 150 Å². The average Bonchev–Trinajstić information content (AvgIpc) is 3.12. The van der Waals surface area contributed by atoms with E-state index < -0.39 is 0 Å². The van der Waals surface area contributed by atoms with Crippen LogP contribution in [0.15, 0.2) is 29.1 Å². The zero-order valence-corrected chi connectivity index (χ0v) is 15.0. The molecule has 7 heteroatoms. The summed E-state index contributed by atoms with van der Waals surface area (Å²) >= 11 is 1.44. The number of hydrogen-bond donors (Lipinski definition) is 0. The summed E-state index contributed by atoms with van der Waals surface area (Å²) in [6.45, 7) is 4.40. The van der Waals surface area contributed by atoms with Crippen molar-refractivity contribution < 1.29 is 14.3 Å². The highest BCUT2D eigenvalue weighted by molar-refractivity contribution is 7.07. The fourth-order valence-electron chi connectivity index (χ4n) is 3.50. The number of nitrogens with zero attached hydrogens (tertiary/aromatic N) is 3. The van der Waals surface area contributed by atoms with Gasteiger partial charge in [-0.1, -0.05) is 6.07 Å². The van der Waals surface area contributed by atoms with E-state index in [1.54, 1.807) is 15.8 Å². The van der Waals surface area contributed by atoms with E-state index in [4.69, 9.17) is 9.47 Å². The van der Waals surface area contributed by atoms with Gasteiger partial charge in [-0.15, -0.1) is 11.3 Å². The van der Waals surface area contributed by atoms with Crippen LogP contribution < -0.4 is 0 Å². The standard InChI is InChI=1S/C18H21N3O3S/c1-13-3-2-4-14(20-13)8-23-15-5-6-24-18(7-15)10-21(11-18)17(22)16-9-25-12-19-16/h2-4,9,12,15H,5-8,10-11H2,1H3/t15-/m0/s1. The molecule has 2 aromatic heterocycles. The lowest BCUT2D eigenvalue weighted by atomic mass is 9.84. The van der Waals surface area contributed by atoms with Gasteiger partial charge in [0.15, 0.2) is 0 Å². The molecule has 1 atom stereocenters. The van der Waals surface area contributed by atoms with Gasteiger partial charge < -0.3 is 14.4 Å². The smallest absolute Gasteiger partial charge is 0.273 e. The van der Waals surface area contributed by atoms with E-state index in [9.17, 15) is 4.79 Å². The number of aromatic nitrogens is 2. The molecule has 2 aromatic rings. The fraction of sp³-hybridized carbons (Fsp3) is 0.500. The third-order valence-corrected chi connectivity index (χ3v) is 5.34. The summed E-state index contributed by atoms with van der Waals surface area (Å²) in [6.07, 6.45) is 1.85. The van der Waals surface area contributed by atoms with Gasteiger partial charge in [0, 0.05) is 24.1 Å². The predicted octanol–water partition coefficient (Wildman–Crippen LogP) is 2.44. The molecule has 0 bridgehead atoms. The van der Waals surface area contributed by atoms with Gasteiger partial charge in [0.05, 0.1) is 37.0 Å². The Balaban J connectivity index is 1.31. The minimum absolute atomic E-state index is 0.0116. The summed E-state index contributed by atoms with van der Waals surface area (Å²) in [5, 5.41) is 1.79. The van der Waals surface area contributed by atoms with Crippen molar-refractivity contribution in [3.8, 4) is 0 Å². The second-order valence-electron chi connectivity index (χ2n) is 6.76. The fourth-order valence-corrected chi connectivity index (χ4v) is 4.03. The van der Waals surface area contributed by atoms with Crippen LogP contribution in [0, 0.1) is 6.92 Å². The molecular weight excluding hydrogens is 338 g/mol. The molecule has 1 amide bonds. The van der Waals surface area contributed by atoms with Crippen LogP contribution in [-0.4, -0.2) is 52.2 Å². The van der Waals surface area contributed by atoms with Crippen LogP contribution in [0.4, 0.5) is 0 Å². The van der Waals surface area contributed by atoms with Crippen molar-refractivity contribution in [1.82, 2.24) is 14.9 Å². The van der Waals surface area contributed by atoms with Gasteiger partial charge in [-0.3, -0.25) is 9.78 Å². The zero-order valence-electron chi connectivity index (χ0n) is 14.2. The molecule has 4 rings (SSSR count). The lowest BCUT2D eigenvalue weighted by Crippen LogP contribution is -2.67. The second-order valence-corrected chi connectivity index (χ2v) is 7.48. The highest BCUT2D eigenvalue weighted by Gasteiger charge is 2.49. The molecule has 0 saturated carbocycles. The number of ether oxygens (including phenoxy) is 2. The summed E-state index contributed by atoms with van der Waals surface area (Å²) in [5.41, 5.74) is 3.90. The van der Waals surface area contributed by atoms with Gasteiger partial charge in [0.25, 0.3) is 5.91 Å². The maximum atomic E-state index is 12.3. The molecule has 1 spiro atoms. The molecule has 6 nitrogen and oxygen atoms in total. The monoisotopic (exact) mass is 359 g/mol. The van der Waals surface area contributed by atoms with Crippen LogP contribution >= 0.6 is 11.3 Å². The maximum absolute atomic E-state index is 12.3. The van der Waals surface area contributed by atoms with Crippen molar-refractivity contribution in [3.05, 3.63) is 46.2 Å². The average molecular weight is 359 g/mol. The number of carbonyl (C=O) groups is 1. The molecule has 0 aromatic carbocycles. The van der Waals surface area contributed by atoms with Crippen molar-refractivity contribution in [2.75, 3.05) is 19.7 Å². The normalized spacial score (nSPS) is 22.0. The molecule has 2 fully saturated rings. The van der Waals surface area contributed by atoms with Gasteiger partial charge >= 0.3 is 0 Å². The van der Waals surface area contributed by atoms with Crippen molar-refractivity contribution in [2.24, 2.45) is 0 Å². The molecule has 4 heterocycles. The van der Waals surface area contributed by atoms with Crippen molar-refractivity contribution in [1.29, 1.82) is 0 Å². The van der Waals surface area contributed by atoms with Gasteiger partial charge in [-0.05, 0) is 25.5 Å². The first-order chi connectivity index (χ1) is 12.1. The third-order valence-electron chi connectivity index (χ3n) is 4.76. The largest absolute Gasteiger partial charge is 0.372 e. The lowest BCUT2D eigenvalue weighted by molar-refractivity contribution is -0.188. The predicted molar refractivity (Wildman–Crippen MR) is 93.5 cm³/mol. The summed E-state index contributed by atoms with van der Waals surface area (Å²) in [7, 11) is 0. The van der Waals surface area contributed by atoms with E-state index >= 15 is 0 Å². The Bertz CT molecular complexity index is 744. The number of hydrogen-bond acceptors (Lipinski definition) is 6. The van der Waals surface area contributed by atoms with Crippen LogP contribution in [-0.2, 0) is 16.1 Å². The maximum Gasteiger partial charge on any atom is 0.273 e. The number of rotatable bonds is 4. The topological polar surface area (TPSA) is 64.6 Å². The highest BCUT2D eigenvalue weighted by atomic mass is 32.1. The van der Waals surface area contributed by atoms with E-state index in [2.05, 4.69) is 9.97 Å². The molecule has 0 aliphatic carbocycles. The number of amides is 1. The SMILES string of the molecule is Cc1cccc(CO[C@H]2CCOC3(C2)CN(C(=O)c2cscn2)C3)n1. The van der Waals surface area contributed by atoms with Gasteiger partial charge in [0.2, 0.25) is 0 Å². The van der Waals surface area contributed by atoms with Crippen LogP contribution in [0.25, 0.3) is 0 Å². The highest BCUT2D eigenvalue weighted by Crippen LogP contribution is 2.36. The first kappa shape index (κ1) is 16.6. The van der Waals surface area contributed by atoms with E-state index in [1.165, 1.54) is 11.3 Å². The van der Waals surface area contributed by atoms with E-state index in [-0.39, 0.29) is 17.6 Å². The summed E-state index contributed by atoms with van der Waals surface area (Å²) in [4.78, 5) is 22.7. The van der Waals surface area contributed by atoms with E-state index in [0.29, 0.717) is 32.0 Å². The zero-order chi connectivity index (χ0) is 17.3. The van der Waals surface area contributed by atoms with Gasteiger partial charge in [-0.25, -0.2) is 4.98 Å². The van der Waals surface area contributed by atoms with E-state index in [0.717, 1.165) is 24.2 Å². The van der Waals surface area contributed by atoms with Crippen molar-refractivity contribution in [2.45, 2.75) is 38.1 Å². The number of aryl methyl sites for hydroxylation is 1. The third kappa shape index (κ3) is 3.58. The number of carbonyl (C=O) groups excluding carboxylic acids is 1. The first-order valence-electron chi connectivity index (χ1n) is 8.49. The van der Waals surface area contributed by atoms with Crippen LogP contribution in [0.2, 0.25) is 0 Å². The Morgan fingerprint density at radius 2 is 2.36 bits per heavy atom. The van der Waals surface area contributed by atoms with Crippen LogP contribution in [0.1, 0.15) is 34.7 Å². The van der Waals surface area contributed by atoms with Crippen LogP contribution in [0.3, 0.4) is 0 Å². The minimum Gasteiger partial charge on any atom is -0.372 e. The lowest BCUT2D eigenvalue weighted by Gasteiger charge is -2.52. The second kappa shape index (κ2) is 6.82. The Morgan fingerprint density at radius 3 is 3.12 bits per heavy atom. The Hall–Kier alpha value is -1.83. The Kier molecular flexibility index (Phi) is 4.54. The molecule has 2 aliphatic rings. The molecule has 0 N–H and O–H groups in total. The number of pyridine rings is 1. The number of likely N-dealkylation sites (tertiary alicyclic amines) is 1. The van der Waals surface area contributed by atoms with Gasteiger partial charge in [-0.2, -0.15) is 0 Å².